The molecule has 0 unspecified atom stereocenters. The first-order valence-corrected chi connectivity index (χ1v) is 26.6. The van der Waals surface area contributed by atoms with E-state index in [4.69, 9.17) is 76.6 Å². The van der Waals surface area contributed by atoms with Gasteiger partial charge in [-0.25, -0.2) is 14.4 Å². The summed E-state index contributed by atoms with van der Waals surface area (Å²) in [5.74, 6) is 6.54. The summed E-state index contributed by atoms with van der Waals surface area (Å²) >= 11 is 0. The molecule has 0 heterocycles. The average molecular weight is 1160 g/mol. The monoisotopic (exact) mass is 1160 g/mol. The van der Waals surface area contributed by atoms with Crippen LogP contribution < -0.4 is 42.6 Å². The highest BCUT2D eigenvalue weighted by molar-refractivity contribution is 5.68. The summed E-state index contributed by atoms with van der Waals surface area (Å²) in [5.41, 5.74) is 16.1. The van der Waals surface area contributed by atoms with Gasteiger partial charge in [-0.1, -0.05) is 136 Å². The van der Waals surface area contributed by atoms with Crippen molar-refractivity contribution in [3.8, 4) is 23.3 Å². The first-order valence-electron chi connectivity index (χ1n) is 26.6. The van der Waals surface area contributed by atoms with Crippen LogP contribution in [-0.2, 0) is 14.2 Å². The van der Waals surface area contributed by atoms with E-state index >= 15 is 0 Å². The van der Waals surface area contributed by atoms with Crippen molar-refractivity contribution in [1.29, 1.82) is 0 Å². The molecule has 16 N–H and O–H groups in total. The number of aliphatic hydroxyl groups is 7. The molecule has 2 aromatic rings. The van der Waals surface area contributed by atoms with Gasteiger partial charge in [0, 0.05) is 37.3 Å². The smallest absolute Gasteiger partial charge is 0.408 e. The first-order chi connectivity index (χ1) is 38.5. The average Bonchev–Trinajstić information content (AvgIpc) is 3.40. The number of para-hydroxylation sites is 2. The molecule has 3 amide bonds. The fourth-order valence-corrected chi connectivity index (χ4v) is 4.64. The third kappa shape index (κ3) is 73.5. The van der Waals surface area contributed by atoms with E-state index in [0.29, 0.717) is 52.4 Å². The van der Waals surface area contributed by atoms with Gasteiger partial charge in [0.2, 0.25) is 0 Å². The lowest BCUT2D eigenvalue weighted by atomic mass is 10.2. The largest absolute Gasteiger partial charge is 0.491 e. The maximum atomic E-state index is 11.1. The van der Waals surface area contributed by atoms with Gasteiger partial charge in [-0.2, -0.15) is 0 Å². The third-order valence-electron chi connectivity index (χ3n) is 7.73. The van der Waals surface area contributed by atoms with E-state index in [1.54, 1.807) is 84.1 Å². The molecule has 0 bridgehead atoms. The highest BCUT2D eigenvalue weighted by atomic mass is 16.6. The second kappa shape index (κ2) is 62.1. The summed E-state index contributed by atoms with van der Waals surface area (Å²) in [6.45, 7) is 21.8. The SMILES string of the molecule is C.CC(C)(C)OC(=O)NC/C=C\CO.CC(C)(C)OC(=O)NCC#CCO.CC(C)(C)OC(=O)NCC/C=C/CO.CC/C=C/c1ccccc1OCCO.NC/C=C/c1ccccc1OCCO.NC/C=C\CO.NCC/C=C/CO. The Morgan fingerprint density at radius 3 is 1.30 bits per heavy atom. The molecule has 21 nitrogen and oxygen atoms in total. The van der Waals surface area contributed by atoms with Crippen LogP contribution >= 0.6 is 0 Å². The summed E-state index contributed by atoms with van der Waals surface area (Å²) in [4.78, 5) is 33.0. The molecule has 0 aliphatic carbocycles. The summed E-state index contributed by atoms with van der Waals surface area (Å²) in [6.07, 6.45) is 22.6. The molecule has 0 aromatic heterocycles. The molecular weight excluding hydrogens is 1060 g/mol. The van der Waals surface area contributed by atoms with Crippen molar-refractivity contribution in [3.05, 3.63) is 120 Å². The predicted octanol–water partition coefficient (Wildman–Crippen LogP) is 6.54. The molecule has 0 aliphatic heterocycles. The zero-order chi connectivity index (χ0) is 62.5. The van der Waals surface area contributed by atoms with Gasteiger partial charge in [0.15, 0.2) is 0 Å². The molecule has 0 atom stereocenters. The Hall–Kier alpha value is -6.55. The van der Waals surface area contributed by atoms with Gasteiger partial charge in [-0.3, -0.25) is 0 Å². The molecule has 2 aromatic carbocycles. The molecule has 0 aliphatic rings. The summed E-state index contributed by atoms with van der Waals surface area (Å²) in [5, 5.41) is 66.2. The van der Waals surface area contributed by atoms with Gasteiger partial charge in [0.1, 0.15) is 48.1 Å². The predicted molar refractivity (Wildman–Crippen MR) is 332 cm³/mol. The van der Waals surface area contributed by atoms with Gasteiger partial charge in [0.05, 0.1) is 46.2 Å². The minimum Gasteiger partial charge on any atom is -0.491 e. The number of nitrogens with two attached hydrogens (primary N) is 3. The highest BCUT2D eigenvalue weighted by Gasteiger charge is 2.16. The van der Waals surface area contributed by atoms with E-state index in [9.17, 15) is 14.4 Å². The lowest BCUT2D eigenvalue weighted by molar-refractivity contribution is 0.0519. The van der Waals surface area contributed by atoms with E-state index < -0.39 is 35.1 Å². The lowest BCUT2D eigenvalue weighted by Gasteiger charge is -2.19. The fourth-order valence-electron chi connectivity index (χ4n) is 4.64. The van der Waals surface area contributed by atoms with Crippen LogP contribution in [0.1, 0.15) is 107 Å². The Labute approximate surface area is 491 Å². The molecule has 82 heavy (non-hydrogen) atoms. The second-order valence-corrected chi connectivity index (χ2v) is 18.6. The number of carbonyl (C=O) groups is 3. The molecule has 0 saturated heterocycles. The van der Waals surface area contributed by atoms with Crippen LogP contribution in [0.4, 0.5) is 14.4 Å². The van der Waals surface area contributed by atoms with Crippen LogP contribution in [0, 0.1) is 11.8 Å². The molecule has 470 valence electrons. The van der Waals surface area contributed by atoms with Crippen molar-refractivity contribution in [2.24, 2.45) is 17.2 Å². The van der Waals surface area contributed by atoms with Gasteiger partial charge < -0.3 is 92.6 Å². The Morgan fingerprint density at radius 1 is 0.512 bits per heavy atom. The van der Waals surface area contributed by atoms with Crippen molar-refractivity contribution in [1.82, 2.24) is 16.0 Å². The number of hydrogen-bond donors (Lipinski definition) is 13. The van der Waals surface area contributed by atoms with Crippen LogP contribution in [0.2, 0.25) is 0 Å². The van der Waals surface area contributed by atoms with Gasteiger partial charge in [-0.15, -0.1) is 0 Å². The number of aliphatic hydroxyl groups excluding tert-OH is 7. The Kier molecular flexibility index (Phi) is 65.6. The summed E-state index contributed by atoms with van der Waals surface area (Å²) < 4.78 is 25.7. The molecule has 0 spiro atoms. The standard InChI is InChI=1S/C12H16O2.C11H15NO2.C10H19NO3.C9H17NO3.C9H15NO3.C5H11NO.C4H9NO.CH4/c1-2-3-6-11-7-4-5-8-12(11)14-10-9-13;12-7-3-5-10-4-1-2-6-11(10)14-9-8-13;1-10(2,3)14-9(13)11-7-5-4-6-8-12;2*1-9(2,3)13-8(12)10-6-4-5-7-11;6-4-2-1-3-5-7;5-3-1-2-4-6;/h3-8,13H,2,9-10H2,1H3;1-6,13H,7-9,12H2;4,6,12H,5,7-8H2,1-3H3,(H,11,13);4-5,11H,6-7H2,1-3H3,(H,10,12);11H,6-7H2,1-3H3,(H,10,12);1,3,7H,2,4-6H2;1-2,6H,3-5H2;1H4/b6-3+;5-3+;6-4+;5-4-;;3-1+;2-1-;. The number of amides is 3. The third-order valence-corrected chi connectivity index (χ3v) is 7.73. The fraction of sp³-hybridized carbons (Fsp3) is 0.525. The topological polar surface area (TPSA) is 353 Å². The maximum absolute atomic E-state index is 11.1. The molecule has 0 fully saturated rings. The summed E-state index contributed by atoms with van der Waals surface area (Å²) in [7, 11) is 0. The number of alkyl carbamates (subject to hydrolysis) is 3. The van der Waals surface area contributed by atoms with Crippen molar-refractivity contribution in [2.75, 3.05) is 98.7 Å². The number of nitrogens with one attached hydrogen (secondary N) is 3. The number of benzene rings is 2. The van der Waals surface area contributed by atoms with E-state index in [2.05, 4.69) is 40.8 Å². The van der Waals surface area contributed by atoms with Crippen LogP contribution in [0.25, 0.3) is 12.2 Å². The van der Waals surface area contributed by atoms with Crippen LogP contribution in [0.5, 0.6) is 11.5 Å². The van der Waals surface area contributed by atoms with Crippen molar-refractivity contribution in [3.63, 3.8) is 0 Å². The number of rotatable bonds is 23. The zero-order valence-corrected chi connectivity index (χ0v) is 49.9. The quantitative estimate of drug-likeness (QED) is 0.0243. The number of carbonyl (C=O) groups excluding carboxylic acids is 3. The minimum absolute atomic E-state index is 0. The Morgan fingerprint density at radius 2 is 0.915 bits per heavy atom. The summed E-state index contributed by atoms with van der Waals surface area (Å²) in [6, 6.07) is 15.4. The molecule has 0 saturated carbocycles. The number of ether oxygens (including phenoxy) is 5. The normalized spacial score (nSPS) is 10.7. The maximum Gasteiger partial charge on any atom is 0.408 e. The van der Waals surface area contributed by atoms with Gasteiger partial charge in [0.25, 0.3) is 0 Å². The van der Waals surface area contributed by atoms with E-state index in [1.807, 2.05) is 93.6 Å². The second-order valence-electron chi connectivity index (χ2n) is 18.6. The lowest BCUT2D eigenvalue weighted by Crippen LogP contribution is -2.32. The minimum atomic E-state index is -0.500. The molecule has 21 heteroatoms. The van der Waals surface area contributed by atoms with E-state index in [-0.39, 0.29) is 60.2 Å². The van der Waals surface area contributed by atoms with Crippen molar-refractivity contribution >= 4 is 30.4 Å². The zero-order valence-electron chi connectivity index (χ0n) is 49.9. The Bertz CT molecular complexity index is 1980. The Balaban J connectivity index is -0.000000208. The van der Waals surface area contributed by atoms with Crippen molar-refractivity contribution in [2.45, 2.75) is 113 Å². The van der Waals surface area contributed by atoms with Gasteiger partial charge in [-0.05, 0) is 100 Å². The molecule has 0 radical (unpaired) electrons. The first kappa shape index (κ1) is 86.7. The number of hydrogen-bond acceptors (Lipinski definition) is 18. The molecule has 2 rings (SSSR count). The van der Waals surface area contributed by atoms with Crippen molar-refractivity contribution < 1.29 is 73.8 Å². The van der Waals surface area contributed by atoms with Gasteiger partial charge >= 0.3 is 18.3 Å². The van der Waals surface area contributed by atoms with Crippen LogP contribution in [-0.4, -0.2) is 170 Å². The molecular formula is C61H106N6O15. The van der Waals surface area contributed by atoms with Crippen LogP contribution in [0.15, 0.2) is 109 Å². The van der Waals surface area contributed by atoms with Crippen LogP contribution in [0.3, 0.4) is 0 Å². The van der Waals surface area contributed by atoms with E-state index in [0.717, 1.165) is 35.5 Å². The highest BCUT2D eigenvalue weighted by Crippen LogP contribution is 2.20. The van der Waals surface area contributed by atoms with E-state index in [1.165, 1.54) is 0 Å². The number of allylic oxidation sites excluding steroid dienone is 1.